The van der Waals surface area contributed by atoms with Crippen LogP contribution in [0.15, 0.2) is 36.5 Å². The number of hydrogen-bond acceptors (Lipinski definition) is 3. The van der Waals surface area contributed by atoms with Crippen molar-refractivity contribution in [2.75, 3.05) is 4.42 Å². The second kappa shape index (κ2) is 6.65. The van der Waals surface area contributed by atoms with Gasteiger partial charge in [-0.05, 0) is 54.7 Å². The molecule has 0 fully saturated rings. The molecule has 1 aliphatic carbocycles. The molecule has 3 rings (SSSR count). The van der Waals surface area contributed by atoms with E-state index in [4.69, 9.17) is 17.5 Å². The molecular weight excluding hydrogens is 355 g/mol. The number of aromatic nitrogens is 1. The van der Waals surface area contributed by atoms with Gasteiger partial charge in [0.1, 0.15) is 5.69 Å². The van der Waals surface area contributed by atoms with Crippen LogP contribution in [0.3, 0.4) is 0 Å². The van der Waals surface area contributed by atoms with Gasteiger partial charge in [-0.1, -0.05) is 6.07 Å². The fraction of sp³-hybridized carbons (Fsp3) is 0.294. The predicted octanol–water partition coefficient (Wildman–Crippen LogP) is 3.72. The number of pyridine rings is 1. The van der Waals surface area contributed by atoms with Crippen molar-refractivity contribution >= 4 is 23.4 Å². The lowest BCUT2D eigenvalue weighted by Gasteiger charge is -2.23. The number of carbonyl (C=O) groups excluding carboxylic acids is 1. The number of alkyl halides is 3. The SMILES string of the molecule is NC1CCc2cc(N(Cl)C(=O)c3ccnc(C(F)(F)F)c3)ccc2C1. The lowest BCUT2D eigenvalue weighted by atomic mass is 9.88. The maximum atomic E-state index is 12.7. The molecule has 1 unspecified atom stereocenters. The summed E-state index contributed by atoms with van der Waals surface area (Å²) in [6.07, 6.45) is -1.32. The van der Waals surface area contributed by atoms with Crippen LogP contribution in [0, 0.1) is 0 Å². The van der Waals surface area contributed by atoms with Crippen LogP contribution in [-0.4, -0.2) is 16.9 Å². The molecule has 0 aliphatic heterocycles. The standard InChI is InChI=1S/C17H15ClF3N3O/c18-24(14-4-2-10-7-13(22)3-1-11(10)8-14)16(25)12-5-6-23-15(9-12)17(19,20)21/h2,4-6,8-9,13H,1,3,7,22H2. The van der Waals surface area contributed by atoms with Crippen molar-refractivity contribution in [1.29, 1.82) is 0 Å². The minimum absolute atomic E-state index is 0.115. The fourth-order valence-electron chi connectivity index (χ4n) is 2.84. The molecule has 1 heterocycles. The molecule has 0 radical (unpaired) electrons. The molecule has 0 saturated heterocycles. The van der Waals surface area contributed by atoms with Crippen LogP contribution in [0.2, 0.25) is 0 Å². The molecule has 1 amide bonds. The van der Waals surface area contributed by atoms with Crippen LogP contribution >= 0.6 is 11.8 Å². The van der Waals surface area contributed by atoms with Crippen LogP contribution in [0.5, 0.6) is 0 Å². The zero-order chi connectivity index (χ0) is 18.2. The molecule has 0 saturated carbocycles. The minimum atomic E-state index is -4.63. The topological polar surface area (TPSA) is 59.2 Å². The molecule has 25 heavy (non-hydrogen) atoms. The molecule has 0 bridgehead atoms. The van der Waals surface area contributed by atoms with E-state index in [-0.39, 0.29) is 11.6 Å². The number of hydrogen-bond donors (Lipinski definition) is 1. The van der Waals surface area contributed by atoms with Crippen LogP contribution in [0.25, 0.3) is 0 Å². The van der Waals surface area contributed by atoms with Crippen LogP contribution in [-0.2, 0) is 19.0 Å². The van der Waals surface area contributed by atoms with E-state index in [0.29, 0.717) is 11.8 Å². The molecule has 0 spiro atoms. The quantitative estimate of drug-likeness (QED) is 0.821. The Kier molecular flexibility index (Phi) is 4.71. The Labute approximate surface area is 147 Å². The zero-order valence-corrected chi connectivity index (χ0v) is 13.8. The molecule has 1 aliphatic rings. The van der Waals surface area contributed by atoms with Gasteiger partial charge < -0.3 is 5.73 Å². The smallest absolute Gasteiger partial charge is 0.327 e. The number of anilines is 1. The van der Waals surface area contributed by atoms with Crippen molar-refractivity contribution in [3.05, 3.63) is 58.9 Å². The summed E-state index contributed by atoms with van der Waals surface area (Å²) in [5.74, 6) is -0.748. The van der Waals surface area contributed by atoms with Crippen molar-refractivity contribution in [1.82, 2.24) is 4.98 Å². The first-order valence-electron chi connectivity index (χ1n) is 7.66. The van der Waals surface area contributed by atoms with E-state index in [0.717, 1.165) is 41.0 Å². The van der Waals surface area contributed by atoms with Gasteiger partial charge in [0.15, 0.2) is 0 Å². The second-order valence-electron chi connectivity index (χ2n) is 5.97. The first kappa shape index (κ1) is 17.7. The molecule has 2 N–H and O–H groups in total. The summed E-state index contributed by atoms with van der Waals surface area (Å²) in [6, 6.07) is 7.29. The largest absolute Gasteiger partial charge is 0.433 e. The first-order chi connectivity index (χ1) is 11.8. The third-order valence-electron chi connectivity index (χ3n) is 4.16. The van der Waals surface area contributed by atoms with Crippen molar-refractivity contribution in [2.24, 2.45) is 5.73 Å². The summed E-state index contributed by atoms with van der Waals surface area (Å²) in [7, 11) is 0. The summed E-state index contributed by atoms with van der Waals surface area (Å²) in [5.41, 5.74) is 7.17. The van der Waals surface area contributed by atoms with Gasteiger partial charge in [0.05, 0.1) is 5.69 Å². The monoisotopic (exact) mass is 369 g/mol. The highest BCUT2D eigenvalue weighted by molar-refractivity contribution is 6.39. The summed E-state index contributed by atoms with van der Waals surface area (Å²) in [6.45, 7) is 0. The summed E-state index contributed by atoms with van der Waals surface area (Å²) in [5, 5.41) is 0. The highest BCUT2D eigenvalue weighted by atomic mass is 35.5. The number of benzene rings is 1. The lowest BCUT2D eigenvalue weighted by molar-refractivity contribution is -0.141. The first-order valence-corrected chi connectivity index (χ1v) is 8.00. The third kappa shape index (κ3) is 3.77. The molecule has 2 aromatic rings. The lowest BCUT2D eigenvalue weighted by Crippen LogP contribution is -2.28. The number of nitrogens with two attached hydrogens (primary N) is 1. The van der Waals surface area contributed by atoms with Gasteiger partial charge in [0.25, 0.3) is 5.91 Å². The van der Waals surface area contributed by atoms with Gasteiger partial charge in [-0.2, -0.15) is 13.2 Å². The van der Waals surface area contributed by atoms with Crippen LogP contribution < -0.4 is 10.2 Å². The minimum Gasteiger partial charge on any atom is -0.327 e. The highest BCUT2D eigenvalue weighted by Crippen LogP contribution is 2.30. The van der Waals surface area contributed by atoms with Gasteiger partial charge in [-0.3, -0.25) is 9.78 Å². The van der Waals surface area contributed by atoms with Crippen molar-refractivity contribution in [3.63, 3.8) is 0 Å². The van der Waals surface area contributed by atoms with E-state index < -0.39 is 17.8 Å². The molecule has 8 heteroatoms. The number of rotatable bonds is 2. The Hall–Kier alpha value is -2.12. The van der Waals surface area contributed by atoms with Crippen molar-refractivity contribution < 1.29 is 18.0 Å². The van der Waals surface area contributed by atoms with E-state index in [9.17, 15) is 18.0 Å². The van der Waals surface area contributed by atoms with Gasteiger partial charge >= 0.3 is 6.18 Å². The number of amides is 1. The predicted molar refractivity (Wildman–Crippen MR) is 88.3 cm³/mol. The van der Waals surface area contributed by atoms with Gasteiger partial charge in [-0.25, -0.2) is 4.42 Å². The van der Waals surface area contributed by atoms with Crippen molar-refractivity contribution in [3.8, 4) is 0 Å². The van der Waals surface area contributed by atoms with E-state index in [1.165, 1.54) is 6.07 Å². The van der Waals surface area contributed by atoms with E-state index in [1.807, 2.05) is 6.07 Å². The third-order valence-corrected chi connectivity index (χ3v) is 4.51. The second-order valence-corrected chi connectivity index (χ2v) is 6.31. The van der Waals surface area contributed by atoms with Gasteiger partial charge in [0.2, 0.25) is 0 Å². The number of halogens is 4. The number of fused-ring (bicyclic) bond motifs is 1. The van der Waals surface area contributed by atoms with Crippen LogP contribution in [0.4, 0.5) is 18.9 Å². The molecule has 1 aromatic heterocycles. The van der Waals surface area contributed by atoms with E-state index >= 15 is 0 Å². The summed E-state index contributed by atoms with van der Waals surface area (Å²) >= 11 is 6.09. The number of aryl methyl sites for hydroxylation is 1. The van der Waals surface area contributed by atoms with Gasteiger partial charge in [-0.15, -0.1) is 0 Å². The van der Waals surface area contributed by atoms with E-state index in [2.05, 4.69) is 4.98 Å². The zero-order valence-electron chi connectivity index (χ0n) is 13.1. The highest BCUT2D eigenvalue weighted by Gasteiger charge is 2.33. The van der Waals surface area contributed by atoms with Crippen LogP contribution in [0.1, 0.15) is 33.6 Å². The maximum absolute atomic E-state index is 12.7. The Morgan fingerprint density at radius 2 is 2.00 bits per heavy atom. The Morgan fingerprint density at radius 3 is 2.72 bits per heavy atom. The summed E-state index contributed by atoms with van der Waals surface area (Å²) < 4.78 is 39.1. The summed E-state index contributed by atoms with van der Waals surface area (Å²) in [4.78, 5) is 15.7. The Balaban J connectivity index is 1.86. The van der Waals surface area contributed by atoms with Gasteiger partial charge in [0, 0.05) is 29.6 Å². The molecule has 4 nitrogen and oxygen atoms in total. The van der Waals surface area contributed by atoms with E-state index in [1.54, 1.807) is 12.1 Å². The average Bonchev–Trinajstić information content (AvgIpc) is 2.59. The van der Waals surface area contributed by atoms with Crippen molar-refractivity contribution in [2.45, 2.75) is 31.5 Å². The molecular formula is C17H15ClF3N3O. The maximum Gasteiger partial charge on any atom is 0.433 e. The molecule has 132 valence electrons. The Morgan fingerprint density at radius 1 is 1.24 bits per heavy atom. The number of nitrogens with zero attached hydrogens (tertiary/aromatic N) is 2. The average molecular weight is 370 g/mol. The molecule has 1 atom stereocenters. The number of carbonyl (C=O) groups is 1. The molecule has 1 aromatic carbocycles. The normalized spacial score (nSPS) is 17.1. The fourth-order valence-corrected chi connectivity index (χ4v) is 3.04. The Bertz CT molecular complexity index is 810.